The summed E-state index contributed by atoms with van der Waals surface area (Å²) in [4.78, 5) is 23.1. The molecule has 1 fully saturated rings. The molecule has 0 unspecified atom stereocenters. The van der Waals surface area contributed by atoms with Gasteiger partial charge in [-0.25, -0.2) is 0 Å². The normalized spacial score (nSPS) is 15.1. The van der Waals surface area contributed by atoms with Crippen molar-refractivity contribution in [2.45, 2.75) is 12.8 Å². The summed E-state index contributed by atoms with van der Waals surface area (Å²) in [7, 11) is 0. The van der Waals surface area contributed by atoms with Gasteiger partial charge in [0.25, 0.3) is 5.69 Å². The van der Waals surface area contributed by atoms with Crippen LogP contribution in [-0.2, 0) is 0 Å². The maximum Gasteiger partial charge on any atom is 0.271 e. The van der Waals surface area contributed by atoms with Crippen LogP contribution in [0.5, 0.6) is 0 Å². The quantitative estimate of drug-likeness (QED) is 0.444. The third-order valence-corrected chi connectivity index (χ3v) is 2.80. The molecule has 0 aliphatic carbocycles. The van der Waals surface area contributed by atoms with E-state index in [0.29, 0.717) is 11.3 Å². The molecular formula is C11H12N2O3. The van der Waals surface area contributed by atoms with Crippen LogP contribution in [0, 0.1) is 10.1 Å². The van der Waals surface area contributed by atoms with Crippen molar-refractivity contribution >= 4 is 17.7 Å². The van der Waals surface area contributed by atoms with E-state index in [1.54, 1.807) is 0 Å². The largest absolute Gasteiger partial charge is 0.371 e. The molecule has 0 aromatic heterocycles. The Kier molecular flexibility index (Phi) is 2.85. The van der Waals surface area contributed by atoms with Crippen LogP contribution in [0.1, 0.15) is 23.2 Å². The predicted octanol–water partition coefficient (Wildman–Crippen LogP) is 2.01. The summed E-state index contributed by atoms with van der Waals surface area (Å²) in [6.07, 6.45) is 2.89. The van der Waals surface area contributed by atoms with Crippen molar-refractivity contribution in [1.82, 2.24) is 0 Å². The molecule has 5 heteroatoms. The summed E-state index contributed by atoms with van der Waals surface area (Å²) < 4.78 is 0. The first-order valence-corrected chi connectivity index (χ1v) is 5.21. The van der Waals surface area contributed by atoms with Crippen molar-refractivity contribution in [3.8, 4) is 0 Å². The summed E-state index contributed by atoms with van der Waals surface area (Å²) in [5.74, 6) is 0. The Balaban J connectivity index is 2.42. The molecule has 1 heterocycles. The zero-order chi connectivity index (χ0) is 11.5. The van der Waals surface area contributed by atoms with Crippen LogP contribution in [0.2, 0.25) is 0 Å². The Labute approximate surface area is 92.8 Å². The summed E-state index contributed by atoms with van der Waals surface area (Å²) in [5.41, 5.74) is 1.24. The highest BCUT2D eigenvalue weighted by molar-refractivity contribution is 5.85. The van der Waals surface area contributed by atoms with Crippen LogP contribution in [0.4, 0.5) is 11.4 Å². The van der Waals surface area contributed by atoms with Gasteiger partial charge < -0.3 is 4.90 Å². The standard InChI is InChI=1S/C11H12N2O3/c14-8-9-3-4-10(13(15)16)7-11(9)12-5-1-2-6-12/h3-4,7-8H,1-2,5-6H2. The molecule has 0 bridgehead atoms. The van der Waals surface area contributed by atoms with Gasteiger partial charge in [-0.15, -0.1) is 0 Å². The molecule has 0 N–H and O–H groups in total. The molecular weight excluding hydrogens is 208 g/mol. The van der Waals surface area contributed by atoms with Gasteiger partial charge in [0.2, 0.25) is 0 Å². The fourth-order valence-electron chi connectivity index (χ4n) is 1.98. The van der Waals surface area contributed by atoms with Gasteiger partial charge in [-0.05, 0) is 18.9 Å². The predicted molar refractivity (Wildman–Crippen MR) is 59.9 cm³/mol. The van der Waals surface area contributed by atoms with Crippen molar-refractivity contribution in [2.75, 3.05) is 18.0 Å². The fourth-order valence-corrected chi connectivity index (χ4v) is 1.98. The maximum atomic E-state index is 10.9. The summed E-state index contributed by atoms with van der Waals surface area (Å²) >= 11 is 0. The molecule has 1 aromatic carbocycles. The number of aldehydes is 1. The average molecular weight is 220 g/mol. The van der Waals surface area contributed by atoms with Crippen LogP contribution in [0.15, 0.2) is 18.2 Å². The SMILES string of the molecule is O=Cc1ccc([N+](=O)[O-])cc1N1CCCC1. The minimum atomic E-state index is -0.436. The molecule has 0 saturated carbocycles. The molecule has 16 heavy (non-hydrogen) atoms. The lowest BCUT2D eigenvalue weighted by atomic mass is 10.1. The van der Waals surface area contributed by atoms with Gasteiger partial charge in [0, 0.05) is 30.8 Å². The van der Waals surface area contributed by atoms with E-state index in [-0.39, 0.29) is 5.69 Å². The lowest BCUT2D eigenvalue weighted by Gasteiger charge is -2.18. The molecule has 2 rings (SSSR count). The number of non-ortho nitro benzene ring substituents is 1. The minimum Gasteiger partial charge on any atom is -0.371 e. The van der Waals surface area contributed by atoms with E-state index >= 15 is 0 Å². The minimum absolute atomic E-state index is 0.0347. The first kappa shape index (κ1) is 10.6. The van der Waals surface area contributed by atoms with Crippen molar-refractivity contribution in [2.24, 2.45) is 0 Å². The number of carbonyl (C=O) groups is 1. The highest BCUT2D eigenvalue weighted by atomic mass is 16.6. The number of nitro benzene ring substituents is 1. The Bertz CT molecular complexity index is 425. The van der Waals surface area contributed by atoms with Crippen LogP contribution in [-0.4, -0.2) is 24.3 Å². The zero-order valence-electron chi connectivity index (χ0n) is 8.76. The van der Waals surface area contributed by atoms with Gasteiger partial charge >= 0.3 is 0 Å². The Hall–Kier alpha value is -1.91. The summed E-state index contributed by atoms with van der Waals surface area (Å²) in [6.45, 7) is 1.73. The number of hydrogen-bond donors (Lipinski definition) is 0. The van der Waals surface area contributed by atoms with E-state index < -0.39 is 4.92 Å². The van der Waals surface area contributed by atoms with Crippen molar-refractivity contribution in [3.63, 3.8) is 0 Å². The second-order valence-corrected chi connectivity index (χ2v) is 3.81. The Morgan fingerprint density at radius 2 is 2.00 bits per heavy atom. The number of nitrogens with zero attached hydrogens (tertiary/aromatic N) is 2. The second kappa shape index (κ2) is 4.30. The summed E-state index contributed by atoms with van der Waals surface area (Å²) in [5, 5.41) is 10.7. The molecule has 0 spiro atoms. The van der Waals surface area contributed by atoms with Crippen LogP contribution in [0.25, 0.3) is 0 Å². The second-order valence-electron chi connectivity index (χ2n) is 3.81. The first-order valence-electron chi connectivity index (χ1n) is 5.21. The molecule has 0 amide bonds. The van der Waals surface area contributed by atoms with Gasteiger partial charge in [-0.2, -0.15) is 0 Å². The molecule has 1 aliphatic rings. The van der Waals surface area contributed by atoms with E-state index in [1.165, 1.54) is 18.2 Å². The molecule has 1 saturated heterocycles. The molecule has 0 radical (unpaired) electrons. The number of hydrogen-bond acceptors (Lipinski definition) is 4. The van der Waals surface area contributed by atoms with Gasteiger partial charge in [-0.3, -0.25) is 14.9 Å². The Morgan fingerprint density at radius 1 is 1.31 bits per heavy atom. The van der Waals surface area contributed by atoms with E-state index in [2.05, 4.69) is 0 Å². The number of carbonyl (C=O) groups excluding carboxylic acids is 1. The highest BCUT2D eigenvalue weighted by Gasteiger charge is 2.18. The number of rotatable bonds is 3. The third kappa shape index (κ3) is 1.88. The van der Waals surface area contributed by atoms with Crippen molar-refractivity contribution in [1.29, 1.82) is 0 Å². The maximum absolute atomic E-state index is 10.9. The van der Waals surface area contributed by atoms with Crippen LogP contribution in [0.3, 0.4) is 0 Å². The molecule has 84 valence electrons. The van der Waals surface area contributed by atoms with E-state index in [9.17, 15) is 14.9 Å². The topological polar surface area (TPSA) is 63.4 Å². The monoisotopic (exact) mass is 220 g/mol. The Morgan fingerprint density at radius 3 is 2.56 bits per heavy atom. The van der Waals surface area contributed by atoms with E-state index in [1.807, 2.05) is 4.90 Å². The molecule has 0 atom stereocenters. The van der Waals surface area contributed by atoms with Crippen LogP contribution >= 0.6 is 0 Å². The third-order valence-electron chi connectivity index (χ3n) is 2.80. The van der Waals surface area contributed by atoms with Crippen LogP contribution < -0.4 is 4.90 Å². The van der Waals surface area contributed by atoms with Gasteiger partial charge in [0.05, 0.1) is 10.6 Å². The van der Waals surface area contributed by atoms with Crippen molar-refractivity contribution < 1.29 is 9.72 Å². The zero-order valence-corrected chi connectivity index (χ0v) is 8.76. The first-order chi connectivity index (χ1) is 7.72. The molecule has 1 aliphatic heterocycles. The number of nitro groups is 1. The lowest BCUT2D eigenvalue weighted by molar-refractivity contribution is -0.384. The van der Waals surface area contributed by atoms with Crippen molar-refractivity contribution in [3.05, 3.63) is 33.9 Å². The van der Waals surface area contributed by atoms with Gasteiger partial charge in [0.15, 0.2) is 6.29 Å². The number of anilines is 1. The van der Waals surface area contributed by atoms with E-state index in [0.717, 1.165) is 32.2 Å². The van der Waals surface area contributed by atoms with E-state index in [4.69, 9.17) is 0 Å². The van der Waals surface area contributed by atoms with Gasteiger partial charge in [0.1, 0.15) is 0 Å². The fraction of sp³-hybridized carbons (Fsp3) is 0.364. The number of benzene rings is 1. The molecule has 1 aromatic rings. The van der Waals surface area contributed by atoms with Gasteiger partial charge in [-0.1, -0.05) is 0 Å². The smallest absolute Gasteiger partial charge is 0.271 e. The molecule has 5 nitrogen and oxygen atoms in total. The lowest BCUT2D eigenvalue weighted by Crippen LogP contribution is -2.19. The summed E-state index contributed by atoms with van der Waals surface area (Å²) in [6, 6.07) is 4.36. The average Bonchev–Trinajstić information content (AvgIpc) is 2.81. The highest BCUT2D eigenvalue weighted by Crippen LogP contribution is 2.27.